The van der Waals surface area contributed by atoms with Crippen LogP contribution >= 0.6 is 0 Å². The maximum atomic E-state index is 12.0. The van der Waals surface area contributed by atoms with Gasteiger partial charge in [-0.2, -0.15) is 13.5 Å². The molecule has 6 heteroatoms. The van der Waals surface area contributed by atoms with Crippen molar-refractivity contribution in [2.75, 3.05) is 6.61 Å². The van der Waals surface area contributed by atoms with E-state index in [9.17, 15) is 8.42 Å². The summed E-state index contributed by atoms with van der Waals surface area (Å²) in [6.45, 7) is 2.81. The molecule has 23 heavy (non-hydrogen) atoms. The highest BCUT2D eigenvalue weighted by atomic mass is 32.2. The molecule has 0 atom stereocenters. The predicted octanol–water partition coefficient (Wildman–Crippen LogP) is 3.18. The first-order chi connectivity index (χ1) is 11.1. The molecule has 0 heterocycles. The van der Waals surface area contributed by atoms with Gasteiger partial charge in [0.05, 0.1) is 17.7 Å². The summed E-state index contributed by atoms with van der Waals surface area (Å²) in [6.07, 6.45) is 3.56. The third-order valence-corrected chi connectivity index (χ3v) is 4.33. The van der Waals surface area contributed by atoms with Crippen LogP contribution in [0.2, 0.25) is 0 Å². The van der Waals surface area contributed by atoms with Crippen molar-refractivity contribution in [3.8, 4) is 5.75 Å². The zero-order chi connectivity index (χ0) is 16.5. The van der Waals surface area contributed by atoms with Gasteiger partial charge in [-0.3, -0.25) is 0 Å². The summed E-state index contributed by atoms with van der Waals surface area (Å²) in [7, 11) is -3.63. The van der Waals surface area contributed by atoms with Gasteiger partial charge in [0, 0.05) is 0 Å². The minimum absolute atomic E-state index is 0.178. The monoisotopic (exact) mass is 332 g/mol. The first kappa shape index (κ1) is 17.0. The second kappa shape index (κ2) is 8.33. The number of rotatable bonds is 8. The van der Waals surface area contributed by atoms with Crippen LogP contribution in [-0.4, -0.2) is 21.2 Å². The van der Waals surface area contributed by atoms with Gasteiger partial charge in [-0.15, -0.1) is 0 Å². The van der Waals surface area contributed by atoms with E-state index in [0.29, 0.717) is 6.61 Å². The van der Waals surface area contributed by atoms with E-state index in [1.54, 1.807) is 18.2 Å². The van der Waals surface area contributed by atoms with Crippen molar-refractivity contribution >= 4 is 16.2 Å². The van der Waals surface area contributed by atoms with Crippen LogP contribution in [0.1, 0.15) is 25.3 Å². The first-order valence-corrected chi connectivity index (χ1v) is 8.93. The lowest BCUT2D eigenvalue weighted by molar-refractivity contribution is 0.309. The molecule has 0 spiro atoms. The summed E-state index contributed by atoms with van der Waals surface area (Å²) in [5.74, 6) is 0.792. The van der Waals surface area contributed by atoms with Gasteiger partial charge < -0.3 is 4.74 Å². The first-order valence-electron chi connectivity index (χ1n) is 7.44. The summed E-state index contributed by atoms with van der Waals surface area (Å²) in [6, 6.07) is 15.4. The van der Waals surface area contributed by atoms with E-state index in [0.717, 1.165) is 24.2 Å². The number of hydrogen-bond donors (Lipinski definition) is 1. The maximum Gasteiger partial charge on any atom is 0.276 e. The van der Waals surface area contributed by atoms with Gasteiger partial charge in [0.25, 0.3) is 10.0 Å². The average molecular weight is 332 g/mol. The Morgan fingerprint density at radius 3 is 2.43 bits per heavy atom. The zero-order valence-corrected chi connectivity index (χ0v) is 13.8. The Bertz CT molecular complexity index is 726. The molecule has 0 aliphatic heterocycles. The predicted molar refractivity (Wildman–Crippen MR) is 91.2 cm³/mol. The molecule has 0 aliphatic rings. The van der Waals surface area contributed by atoms with E-state index in [4.69, 9.17) is 4.74 Å². The molecule has 2 aromatic rings. The summed E-state index contributed by atoms with van der Waals surface area (Å²) < 4.78 is 29.5. The normalized spacial score (nSPS) is 11.5. The van der Waals surface area contributed by atoms with Crippen LogP contribution in [0.4, 0.5) is 0 Å². The van der Waals surface area contributed by atoms with Crippen molar-refractivity contribution in [1.82, 2.24) is 4.83 Å². The molecule has 0 aliphatic carbocycles. The Labute approximate surface area is 137 Å². The Morgan fingerprint density at radius 2 is 1.78 bits per heavy atom. The second-order valence-electron chi connectivity index (χ2n) is 4.94. The Hall–Kier alpha value is -2.34. The molecule has 0 fully saturated rings. The fourth-order valence-corrected chi connectivity index (χ4v) is 2.62. The third-order valence-electron chi connectivity index (χ3n) is 3.09. The molecule has 0 saturated heterocycles. The van der Waals surface area contributed by atoms with Crippen LogP contribution in [-0.2, 0) is 10.0 Å². The van der Waals surface area contributed by atoms with Gasteiger partial charge in [-0.05, 0) is 48.4 Å². The van der Waals surface area contributed by atoms with E-state index < -0.39 is 10.0 Å². The minimum atomic E-state index is -3.63. The lowest BCUT2D eigenvalue weighted by Crippen LogP contribution is -2.18. The van der Waals surface area contributed by atoms with Gasteiger partial charge in [0.15, 0.2) is 0 Å². The van der Waals surface area contributed by atoms with Crippen LogP contribution in [0.25, 0.3) is 0 Å². The van der Waals surface area contributed by atoms with Crippen molar-refractivity contribution in [3.05, 3.63) is 60.2 Å². The largest absolute Gasteiger partial charge is 0.494 e. The zero-order valence-electron chi connectivity index (χ0n) is 13.0. The SMILES string of the molecule is CCCCOc1ccc(C=NNS(=O)(=O)c2ccccc2)cc1. The molecule has 122 valence electrons. The van der Waals surface area contributed by atoms with Crippen LogP contribution in [0, 0.1) is 0 Å². The summed E-state index contributed by atoms with van der Waals surface area (Å²) in [5, 5.41) is 3.79. The Kier molecular flexibility index (Phi) is 6.17. The number of hydrogen-bond acceptors (Lipinski definition) is 4. The number of unbranched alkanes of at least 4 members (excludes halogenated alkanes) is 1. The summed E-state index contributed by atoms with van der Waals surface area (Å²) in [4.78, 5) is 2.37. The minimum Gasteiger partial charge on any atom is -0.494 e. The average Bonchev–Trinajstić information content (AvgIpc) is 2.57. The molecular formula is C17H20N2O3S. The topological polar surface area (TPSA) is 67.8 Å². The molecule has 1 N–H and O–H groups in total. The number of ether oxygens (including phenoxy) is 1. The molecule has 0 amide bonds. The van der Waals surface area contributed by atoms with Crippen LogP contribution < -0.4 is 9.57 Å². The molecule has 2 aromatic carbocycles. The lowest BCUT2D eigenvalue weighted by atomic mass is 10.2. The van der Waals surface area contributed by atoms with E-state index in [1.165, 1.54) is 18.3 Å². The molecule has 0 radical (unpaired) electrons. The fourth-order valence-electron chi connectivity index (χ4n) is 1.81. The number of hydrazone groups is 1. The van der Waals surface area contributed by atoms with Crippen LogP contribution in [0.5, 0.6) is 5.75 Å². The van der Waals surface area contributed by atoms with Crippen LogP contribution in [0.15, 0.2) is 64.6 Å². The Morgan fingerprint density at radius 1 is 1.09 bits per heavy atom. The number of nitrogens with zero attached hydrogens (tertiary/aromatic N) is 1. The highest BCUT2D eigenvalue weighted by Gasteiger charge is 2.10. The molecule has 0 bridgehead atoms. The number of benzene rings is 2. The molecule has 2 rings (SSSR count). The van der Waals surface area contributed by atoms with Crippen molar-refractivity contribution in [3.63, 3.8) is 0 Å². The van der Waals surface area contributed by atoms with Crippen LogP contribution in [0.3, 0.4) is 0 Å². The van der Waals surface area contributed by atoms with E-state index >= 15 is 0 Å². The summed E-state index contributed by atoms with van der Waals surface area (Å²) >= 11 is 0. The molecule has 0 aromatic heterocycles. The highest BCUT2D eigenvalue weighted by Crippen LogP contribution is 2.12. The molecule has 0 saturated carbocycles. The van der Waals surface area contributed by atoms with Crippen molar-refractivity contribution in [2.24, 2.45) is 5.10 Å². The smallest absolute Gasteiger partial charge is 0.276 e. The fraction of sp³-hybridized carbons (Fsp3) is 0.235. The van der Waals surface area contributed by atoms with Gasteiger partial charge >= 0.3 is 0 Å². The van der Waals surface area contributed by atoms with Gasteiger partial charge in [0.2, 0.25) is 0 Å². The molecular weight excluding hydrogens is 312 g/mol. The van der Waals surface area contributed by atoms with Crippen molar-refractivity contribution < 1.29 is 13.2 Å². The van der Waals surface area contributed by atoms with E-state index in [2.05, 4.69) is 16.9 Å². The third kappa shape index (κ3) is 5.41. The van der Waals surface area contributed by atoms with Gasteiger partial charge in [-0.1, -0.05) is 31.5 Å². The number of sulfonamides is 1. The Balaban J connectivity index is 1.93. The number of nitrogens with one attached hydrogen (secondary N) is 1. The second-order valence-corrected chi connectivity index (χ2v) is 6.60. The van der Waals surface area contributed by atoms with Crippen molar-refractivity contribution in [1.29, 1.82) is 0 Å². The highest BCUT2D eigenvalue weighted by molar-refractivity contribution is 7.89. The van der Waals surface area contributed by atoms with E-state index in [-0.39, 0.29) is 4.90 Å². The standard InChI is InChI=1S/C17H20N2O3S/c1-2-3-13-22-16-11-9-15(10-12-16)14-18-19-23(20,21)17-7-5-4-6-8-17/h4-12,14,19H,2-3,13H2,1H3. The molecule has 5 nitrogen and oxygen atoms in total. The lowest BCUT2D eigenvalue weighted by Gasteiger charge is -2.05. The van der Waals surface area contributed by atoms with Gasteiger partial charge in [0.1, 0.15) is 5.75 Å². The molecule has 0 unspecified atom stereocenters. The van der Waals surface area contributed by atoms with Crippen molar-refractivity contribution in [2.45, 2.75) is 24.7 Å². The summed E-state index contributed by atoms with van der Waals surface area (Å²) in [5.41, 5.74) is 0.781. The quantitative estimate of drug-likeness (QED) is 0.459. The maximum absolute atomic E-state index is 12.0. The van der Waals surface area contributed by atoms with E-state index in [1.807, 2.05) is 24.3 Å². The van der Waals surface area contributed by atoms with Gasteiger partial charge in [-0.25, -0.2) is 4.83 Å².